The minimum Gasteiger partial charge on any atom is -0.452 e. The molecule has 16 heavy (non-hydrogen) atoms. The molecule has 2 aliphatic heterocycles. The summed E-state index contributed by atoms with van der Waals surface area (Å²) in [5.41, 5.74) is 0. The van der Waals surface area contributed by atoms with E-state index in [0.717, 1.165) is 33.3 Å². The summed E-state index contributed by atoms with van der Waals surface area (Å²) in [5.74, 6) is 2.73. The van der Waals surface area contributed by atoms with Gasteiger partial charge in [0.15, 0.2) is 4.67 Å². The lowest BCUT2D eigenvalue weighted by molar-refractivity contribution is 0.275. The second kappa shape index (κ2) is 4.44. The normalized spacial score (nSPS) is 29.9. The van der Waals surface area contributed by atoms with Crippen LogP contribution < -0.4 is 5.32 Å². The fraction of sp³-hybridized carbons (Fsp3) is 0.636. The molecule has 2 saturated heterocycles. The molecule has 0 spiro atoms. The van der Waals surface area contributed by atoms with Gasteiger partial charge in [-0.1, -0.05) is 0 Å². The fourth-order valence-corrected chi connectivity index (χ4v) is 3.43. The third-order valence-electron chi connectivity index (χ3n) is 3.54. The lowest BCUT2D eigenvalue weighted by Gasteiger charge is -2.14. The van der Waals surface area contributed by atoms with Crippen molar-refractivity contribution in [2.45, 2.75) is 6.54 Å². The molecule has 3 rings (SSSR count). The Hall–Kier alpha value is 0.160. The van der Waals surface area contributed by atoms with Gasteiger partial charge in [-0.3, -0.25) is 4.90 Å². The first kappa shape index (κ1) is 11.3. The van der Waals surface area contributed by atoms with Crippen LogP contribution in [0.3, 0.4) is 0 Å². The quantitative estimate of drug-likeness (QED) is 0.889. The van der Waals surface area contributed by atoms with E-state index in [-0.39, 0.29) is 0 Å². The van der Waals surface area contributed by atoms with E-state index in [9.17, 15) is 0 Å². The van der Waals surface area contributed by atoms with Crippen molar-refractivity contribution in [2.75, 3.05) is 26.2 Å². The molecule has 0 aromatic carbocycles. The molecule has 0 aliphatic carbocycles. The highest BCUT2D eigenvalue weighted by molar-refractivity contribution is 9.13. The summed E-state index contributed by atoms with van der Waals surface area (Å²) < 4.78 is 7.41. The zero-order valence-electron chi connectivity index (χ0n) is 8.88. The highest BCUT2D eigenvalue weighted by Gasteiger charge is 2.36. The first-order valence-electron chi connectivity index (χ1n) is 5.59. The molecule has 88 valence electrons. The first-order chi connectivity index (χ1) is 7.72. The molecule has 1 aromatic rings. The molecule has 0 unspecified atom stereocenters. The zero-order valence-corrected chi connectivity index (χ0v) is 12.1. The maximum absolute atomic E-state index is 5.61. The Morgan fingerprint density at radius 1 is 1.31 bits per heavy atom. The molecule has 0 saturated carbocycles. The summed E-state index contributed by atoms with van der Waals surface area (Å²) in [6.45, 7) is 5.71. The van der Waals surface area contributed by atoms with Crippen LogP contribution in [0.15, 0.2) is 19.6 Å². The number of likely N-dealkylation sites (tertiary alicyclic amines) is 1. The van der Waals surface area contributed by atoms with Crippen LogP contribution in [0.25, 0.3) is 0 Å². The number of nitrogens with one attached hydrogen (secondary N) is 1. The molecule has 1 N–H and O–H groups in total. The Morgan fingerprint density at radius 3 is 2.56 bits per heavy atom. The van der Waals surface area contributed by atoms with Crippen molar-refractivity contribution in [3.05, 3.63) is 21.0 Å². The molecule has 2 aliphatic rings. The maximum atomic E-state index is 5.61. The van der Waals surface area contributed by atoms with Crippen molar-refractivity contribution in [1.29, 1.82) is 0 Å². The van der Waals surface area contributed by atoms with Crippen LogP contribution in [0.4, 0.5) is 0 Å². The van der Waals surface area contributed by atoms with Crippen molar-refractivity contribution in [3.8, 4) is 0 Å². The van der Waals surface area contributed by atoms with E-state index in [0.29, 0.717) is 0 Å². The van der Waals surface area contributed by atoms with Gasteiger partial charge in [0.25, 0.3) is 0 Å². The van der Waals surface area contributed by atoms with Crippen LogP contribution in [0.1, 0.15) is 5.76 Å². The molecule has 2 atom stereocenters. The van der Waals surface area contributed by atoms with Crippen molar-refractivity contribution >= 4 is 31.9 Å². The summed E-state index contributed by atoms with van der Waals surface area (Å²) in [4.78, 5) is 2.49. The summed E-state index contributed by atoms with van der Waals surface area (Å²) in [7, 11) is 0. The topological polar surface area (TPSA) is 28.4 Å². The number of hydrogen-bond donors (Lipinski definition) is 1. The highest BCUT2D eigenvalue weighted by atomic mass is 79.9. The average molecular weight is 350 g/mol. The molecular weight excluding hydrogens is 336 g/mol. The number of fused-ring (bicyclic) bond motifs is 1. The average Bonchev–Trinajstić information content (AvgIpc) is 2.83. The fourth-order valence-electron chi connectivity index (χ4n) is 2.77. The first-order valence-corrected chi connectivity index (χ1v) is 7.18. The lowest BCUT2D eigenvalue weighted by Crippen LogP contribution is -2.25. The Morgan fingerprint density at radius 2 is 2.00 bits per heavy atom. The third kappa shape index (κ3) is 2.10. The monoisotopic (exact) mass is 348 g/mol. The van der Waals surface area contributed by atoms with E-state index in [1.165, 1.54) is 26.2 Å². The minimum absolute atomic E-state index is 0.795. The largest absolute Gasteiger partial charge is 0.452 e. The van der Waals surface area contributed by atoms with E-state index in [2.05, 4.69) is 48.1 Å². The predicted molar refractivity (Wildman–Crippen MR) is 69.2 cm³/mol. The molecule has 0 radical (unpaired) electrons. The van der Waals surface area contributed by atoms with Crippen LogP contribution in [-0.4, -0.2) is 31.1 Å². The van der Waals surface area contributed by atoms with Crippen LogP contribution >= 0.6 is 31.9 Å². The zero-order chi connectivity index (χ0) is 11.1. The molecule has 3 heterocycles. The second-order valence-electron chi connectivity index (χ2n) is 4.71. The van der Waals surface area contributed by atoms with Crippen molar-refractivity contribution in [2.24, 2.45) is 11.8 Å². The van der Waals surface area contributed by atoms with Gasteiger partial charge in [-0.15, -0.1) is 0 Å². The van der Waals surface area contributed by atoms with E-state index in [4.69, 9.17) is 4.42 Å². The van der Waals surface area contributed by atoms with E-state index < -0.39 is 0 Å². The van der Waals surface area contributed by atoms with Crippen LogP contribution in [0.2, 0.25) is 0 Å². The van der Waals surface area contributed by atoms with Crippen molar-refractivity contribution in [3.63, 3.8) is 0 Å². The molecule has 3 nitrogen and oxygen atoms in total. The number of halogens is 2. The Balaban J connectivity index is 1.64. The smallest absolute Gasteiger partial charge is 0.183 e. The van der Waals surface area contributed by atoms with Crippen molar-refractivity contribution in [1.82, 2.24) is 10.2 Å². The maximum Gasteiger partial charge on any atom is 0.183 e. The van der Waals surface area contributed by atoms with Gasteiger partial charge < -0.3 is 9.73 Å². The minimum atomic E-state index is 0.795. The number of hydrogen-bond acceptors (Lipinski definition) is 3. The SMILES string of the molecule is Brc1cc(CN2C[C@H]3CNC[C@H]3C2)oc1Br. The van der Waals surface area contributed by atoms with Crippen LogP contribution in [0.5, 0.6) is 0 Å². The highest BCUT2D eigenvalue weighted by Crippen LogP contribution is 2.30. The molecule has 0 amide bonds. The van der Waals surface area contributed by atoms with Gasteiger partial charge >= 0.3 is 0 Å². The van der Waals surface area contributed by atoms with E-state index in [1.54, 1.807) is 0 Å². The van der Waals surface area contributed by atoms with Crippen LogP contribution in [-0.2, 0) is 6.54 Å². The van der Waals surface area contributed by atoms with E-state index >= 15 is 0 Å². The van der Waals surface area contributed by atoms with Gasteiger partial charge in [-0.25, -0.2) is 0 Å². The molecule has 1 aromatic heterocycles. The standard InChI is InChI=1S/C11H14Br2N2O/c12-10-1-9(16-11(10)13)6-15-4-7-2-14-3-8(7)5-15/h1,7-8,14H,2-6H2/t7-,8+. The van der Waals surface area contributed by atoms with Gasteiger partial charge in [-0.2, -0.15) is 0 Å². The summed E-state index contributed by atoms with van der Waals surface area (Å²) >= 11 is 6.82. The Bertz CT molecular complexity index is 362. The number of nitrogens with zero attached hydrogens (tertiary/aromatic N) is 1. The van der Waals surface area contributed by atoms with Gasteiger partial charge in [0.2, 0.25) is 0 Å². The lowest BCUT2D eigenvalue weighted by atomic mass is 10.0. The van der Waals surface area contributed by atoms with Crippen molar-refractivity contribution < 1.29 is 4.42 Å². The molecule has 0 bridgehead atoms. The number of rotatable bonds is 2. The van der Waals surface area contributed by atoms with Gasteiger partial charge in [0, 0.05) is 13.1 Å². The number of furan rings is 1. The summed E-state index contributed by atoms with van der Waals surface area (Å²) in [6, 6.07) is 2.05. The van der Waals surface area contributed by atoms with E-state index in [1.807, 2.05) is 0 Å². The molecular formula is C11H14Br2N2O. The van der Waals surface area contributed by atoms with Crippen LogP contribution in [0, 0.1) is 11.8 Å². The molecule has 5 heteroatoms. The Labute approximate surface area is 112 Å². The molecule has 2 fully saturated rings. The Kier molecular flexibility index (Phi) is 3.13. The van der Waals surface area contributed by atoms with Gasteiger partial charge in [-0.05, 0) is 62.9 Å². The van der Waals surface area contributed by atoms with Gasteiger partial charge in [0.1, 0.15) is 5.76 Å². The summed E-state index contributed by atoms with van der Waals surface area (Å²) in [5, 5.41) is 3.46. The second-order valence-corrected chi connectivity index (χ2v) is 6.28. The summed E-state index contributed by atoms with van der Waals surface area (Å²) in [6.07, 6.45) is 0. The predicted octanol–water partition coefficient (Wildman–Crippen LogP) is 2.46. The third-order valence-corrected chi connectivity index (χ3v) is 5.25. The van der Waals surface area contributed by atoms with Gasteiger partial charge in [0.05, 0.1) is 11.0 Å².